The first-order chi connectivity index (χ1) is 4.61. The number of carboxylic acids is 1. The van der Waals surface area contributed by atoms with Crippen LogP contribution in [0.3, 0.4) is 0 Å². The number of halogens is 1. The maximum Gasteiger partial charge on any atom is 0.337 e. The highest BCUT2D eigenvalue weighted by atomic mass is 79.9. The number of aromatic carboxylic acids is 1. The van der Waals surface area contributed by atoms with E-state index in [4.69, 9.17) is 5.11 Å². The molecule has 3 nitrogen and oxygen atoms in total. The molecule has 1 aromatic rings. The minimum atomic E-state index is -0.903. The minimum absolute atomic E-state index is 0.312. The molecule has 0 aliphatic rings. The second-order valence-corrected chi connectivity index (χ2v) is 2.82. The fourth-order valence-electron chi connectivity index (χ4n) is 0.740. The second kappa shape index (κ2) is 2.46. The molecular formula is C6H6BrNO2. The molecule has 0 saturated heterocycles. The Hall–Kier alpha value is -0.770. The van der Waals surface area contributed by atoms with Crippen LogP contribution in [0.25, 0.3) is 0 Å². The third-order valence-electron chi connectivity index (χ3n) is 1.21. The fourth-order valence-corrected chi connectivity index (χ4v) is 1.27. The number of nitrogens with one attached hydrogen (secondary N) is 1. The van der Waals surface area contributed by atoms with Crippen LogP contribution >= 0.6 is 15.9 Å². The van der Waals surface area contributed by atoms with Crippen LogP contribution in [0.2, 0.25) is 0 Å². The molecule has 1 aromatic heterocycles. The molecular weight excluding hydrogens is 198 g/mol. The maximum absolute atomic E-state index is 10.4. The van der Waals surface area contributed by atoms with Crippen LogP contribution in [0, 0.1) is 6.92 Å². The van der Waals surface area contributed by atoms with Crippen LogP contribution in [0.1, 0.15) is 16.1 Å². The molecule has 0 amide bonds. The number of aromatic nitrogens is 1. The van der Waals surface area contributed by atoms with Crippen LogP contribution < -0.4 is 0 Å². The molecule has 0 bridgehead atoms. The lowest BCUT2D eigenvalue weighted by molar-refractivity contribution is 0.0696. The zero-order valence-electron chi connectivity index (χ0n) is 5.31. The van der Waals surface area contributed by atoms with Gasteiger partial charge in [0.05, 0.1) is 10.2 Å². The van der Waals surface area contributed by atoms with Gasteiger partial charge in [-0.05, 0) is 28.9 Å². The van der Waals surface area contributed by atoms with E-state index in [-0.39, 0.29) is 0 Å². The van der Waals surface area contributed by atoms with Crippen molar-refractivity contribution in [2.75, 3.05) is 0 Å². The lowest BCUT2D eigenvalue weighted by Crippen LogP contribution is -1.95. The molecule has 54 valence electrons. The number of aromatic amines is 1. The molecule has 10 heavy (non-hydrogen) atoms. The molecule has 0 aromatic carbocycles. The Morgan fingerprint density at radius 3 is 2.60 bits per heavy atom. The molecule has 0 saturated carbocycles. The van der Waals surface area contributed by atoms with Gasteiger partial charge in [-0.3, -0.25) is 0 Å². The van der Waals surface area contributed by atoms with Crippen LogP contribution in [-0.4, -0.2) is 16.1 Å². The normalized spacial score (nSPS) is 9.80. The number of carbonyl (C=O) groups is 1. The van der Waals surface area contributed by atoms with E-state index in [1.54, 1.807) is 6.92 Å². The van der Waals surface area contributed by atoms with Gasteiger partial charge in [-0.15, -0.1) is 0 Å². The number of carboxylic acid groups (broad SMARTS) is 1. The summed E-state index contributed by atoms with van der Waals surface area (Å²) in [6.07, 6.45) is 0. The zero-order valence-corrected chi connectivity index (χ0v) is 6.90. The molecule has 0 aliphatic carbocycles. The molecule has 2 N–H and O–H groups in total. The summed E-state index contributed by atoms with van der Waals surface area (Å²) in [4.78, 5) is 13.2. The predicted octanol–water partition coefficient (Wildman–Crippen LogP) is 1.78. The minimum Gasteiger partial charge on any atom is -0.478 e. The van der Waals surface area contributed by atoms with E-state index in [2.05, 4.69) is 20.9 Å². The van der Waals surface area contributed by atoms with Gasteiger partial charge in [0.25, 0.3) is 0 Å². The van der Waals surface area contributed by atoms with Crippen molar-refractivity contribution in [3.63, 3.8) is 0 Å². The lowest BCUT2D eigenvalue weighted by atomic mass is 10.3. The van der Waals surface area contributed by atoms with Crippen LogP contribution in [-0.2, 0) is 0 Å². The third-order valence-corrected chi connectivity index (χ3v) is 1.64. The Balaban J connectivity index is 3.15. The molecule has 0 atom stereocenters. The van der Waals surface area contributed by atoms with E-state index >= 15 is 0 Å². The lowest BCUT2D eigenvalue weighted by Gasteiger charge is -1.86. The van der Waals surface area contributed by atoms with Gasteiger partial charge in [-0.25, -0.2) is 4.79 Å². The number of aryl methyl sites for hydroxylation is 1. The van der Waals surface area contributed by atoms with Gasteiger partial charge in [-0.1, -0.05) is 0 Å². The van der Waals surface area contributed by atoms with Gasteiger partial charge < -0.3 is 10.1 Å². The van der Waals surface area contributed by atoms with Gasteiger partial charge >= 0.3 is 5.97 Å². The van der Waals surface area contributed by atoms with E-state index < -0.39 is 5.97 Å². The molecule has 1 heterocycles. The standard InChI is InChI=1S/C6H6BrNO2/c1-3-4(6(9)10)2-5(7)8-3/h2,8H,1H3,(H,9,10). The topological polar surface area (TPSA) is 53.1 Å². The number of H-pyrrole nitrogens is 1. The van der Waals surface area contributed by atoms with E-state index in [9.17, 15) is 4.79 Å². The smallest absolute Gasteiger partial charge is 0.337 e. The van der Waals surface area contributed by atoms with Crippen LogP contribution in [0.5, 0.6) is 0 Å². The van der Waals surface area contributed by atoms with Gasteiger partial charge in [0.15, 0.2) is 0 Å². The Morgan fingerprint density at radius 2 is 2.40 bits per heavy atom. The van der Waals surface area contributed by atoms with Gasteiger partial charge in [0.2, 0.25) is 0 Å². The summed E-state index contributed by atoms with van der Waals surface area (Å²) in [5, 5.41) is 8.54. The van der Waals surface area contributed by atoms with Crippen molar-refractivity contribution in [3.05, 3.63) is 21.9 Å². The van der Waals surface area contributed by atoms with E-state index in [1.807, 2.05) is 0 Å². The third kappa shape index (κ3) is 1.21. The van der Waals surface area contributed by atoms with E-state index in [0.29, 0.717) is 15.9 Å². The average molecular weight is 204 g/mol. The second-order valence-electron chi connectivity index (χ2n) is 1.96. The highest BCUT2D eigenvalue weighted by Gasteiger charge is 2.08. The Bertz CT molecular complexity index is 267. The molecule has 0 fully saturated rings. The Labute approximate surface area is 66.2 Å². The van der Waals surface area contributed by atoms with E-state index in [0.717, 1.165) is 0 Å². The zero-order chi connectivity index (χ0) is 7.72. The number of hydrogen-bond acceptors (Lipinski definition) is 1. The predicted molar refractivity (Wildman–Crippen MR) is 40.2 cm³/mol. The summed E-state index contributed by atoms with van der Waals surface area (Å²) in [5.41, 5.74) is 0.978. The number of hydrogen-bond donors (Lipinski definition) is 2. The summed E-state index contributed by atoms with van der Waals surface area (Å²) >= 11 is 3.13. The largest absolute Gasteiger partial charge is 0.478 e. The summed E-state index contributed by atoms with van der Waals surface area (Å²) < 4.78 is 0.697. The average Bonchev–Trinajstić information content (AvgIpc) is 2.10. The summed E-state index contributed by atoms with van der Waals surface area (Å²) in [7, 11) is 0. The SMILES string of the molecule is Cc1[nH]c(Br)cc1C(=O)O. The van der Waals surface area contributed by atoms with Crippen molar-refractivity contribution in [3.8, 4) is 0 Å². The van der Waals surface area contributed by atoms with Gasteiger partial charge in [-0.2, -0.15) is 0 Å². The maximum atomic E-state index is 10.4. The number of rotatable bonds is 1. The molecule has 0 aliphatic heterocycles. The van der Waals surface area contributed by atoms with Crippen molar-refractivity contribution in [2.45, 2.75) is 6.92 Å². The first kappa shape index (κ1) is 7.34. The molecule has 0 unspecified atom stereocenters. The Morgan fingerprint density at radius 1 is 1.80 bits per heavy atom. The molecule has 0 spiro atoms. The summed E-state index contributed by atoms with van der Waals surface area (Å²) in [6.45, 7) is 1.72. The monoisotopic (exact) mass is 203 g/mol. The van der Waals surface area contributed by atoms with Crippen molar-refractivity contribution in [1.29, 1.82) is 0 Å². The van der Waals surface area contributed by atoms with Crippen LogP contribution in [0.4, 0.5) is 0 Å². The van der Waals surface area contributed by atoms with Crippen molar-refractivity contribution in [1.82, 2.24) is 4.98 Å². The van der Waals surface area contributed by atoms with Crippen molar-refractivity contribution >= 4 is 21.9 Å². The van der Waals surface area contributed by atoms with Crippen molar-refractivity contribution < 1.29 is 9.90 Å². The molecule has 4 heteroatoms. The first-order valence-electron chi connectivity index (χ1n) is 2.69. The van der Waals surface area contributed by atoms with Crippen LogP contribution in [0.15, 0.2) is 10.7 Å². The van der Waals surface area contributed by atoms with Gasteiger partial charge in [0.1, 0.15) is 0 Å². The van der Waals surface area contributed by atoms with Gasteiger partial charge in [0, 0.05) is 5.69 Å². The summed E-state index contributed by atoms with van der Waals surface area (Å²) in [6, 6.07) is 1.54. The quantitative estimate of drug-likeness (QED) is 0.732. The summed E-state index contributed by atoms with van der Waals surface area (Å²) in [5.74, 6) is -0.903. The highest BCUT2D eigenvalue weighted by molar-refractivity contribution is 9.10. The fraction of sp³-hybridized carbons (Fsp3) is 0.167. The first-order valence-corrected chi connectivity index (χ1v) is 3.49. The molecule has 0 radical (unpaired) electrons. The Kier molecular flexibility index (Phi) is 1.80. The molecule has 1 rings (SSSR count). The van der Waals surface area contributed by atoms with Crippen molar-refractivity contribution in [2.24, 2.45) is 0 Å². The van der Waals surface area contributed by atoms with E-state index in [1.165, 1.54) is 6.07 Å². The highest BCUT2D eigenvalue weighted by Crippen LogP contribution is 2.14.